The van der Waals surface area contributed by atoms with Crippen molar-refractivity contribution in [3.8, 4) is 17.4 Å². The summed E-state index contributed by atoms with van der Waals surface area (Å²) in [4.78, 5) is 27.1. The number of carbonyl (C=O) groups excluding carboxylic acids is 2. The molecule has 1 saturated heterocycles. The van der Waals surface area contributed by atoms with Crippen LogP contribution in [0.15, 0.2) is 54.7 Å². The van der Waals surface area contributed by atoms with Crippen LogP contribution in [0, 0.1) is 5.82 Å². The number of aromatic nitrogens is 2. The number of carbonyl (C=O) groups is 2. The van der Waals surface area contributed by atoms with Crippen LogP contribution >= 0.6 is 0 Å². The highest BCUT2D eigenvalue weighted by molar-refractivity contribution is 5.74. The highest BCUT2D eigenvalue weighted by Crippen LogP contribution is 2.32. The monoisotopic (exact) mass is 450 g/mol. The van der Waals surface area contributed by atoms with Gasteiger partial charge in [0.2, 0.25) is 5.88 Å². The van der Waals surface area contributed by atoms with Crippen molar-refractivity contribution in [2.75, 3.05) is 13.2 Å². The lowest BCUT2D eigenvalue weighted by Gasteiger charge is -2.28. The molecule has 2 aromatic carbocycles. The van der Waals surface area contributed by atoms with Gasteiger partial charge < -0.3 is 19.1 Å². The van der Waals surface area contributed by atoms with Crippen LogP contribution in [0.4, 0.5) is 14.0 Å². The zero-order chi connectivity index (χ0) is 22.8. The van der Waals surface area contributed by atoms with Gasteiger partial charge in [0.05, 0.1) is 26.2 Å². The topological polar surface area (TPSA) is 94.1 Å². The maximum absolute atomic E-state index is 15.1. The number of ether oxygens (including phenoxy) is 3. The van der Waals surface area contributed by atoms with E-state index < -0.39 is 18.0 Å². The predicted octanol–water partition coefficient (Wildman–Crippen LogP) is 3.87. The van der Waals surface area contributed by atoms with E-state index in [0.717, 1.165) is 5.56 Å². The van der Waals surface area contributed by atoms with Crippen molar-refractivity contribution in [1.82, 2.24) is 20.0 Å². The minimum atomic E-state index is -0.591. The van der Waals surface area contributed by atoms with E-state index in [-0.39, 0.29) is 19.6 Å². The van der Waals surface area contributed by atoms with Crippen LogP contribution in [0.3, 0.4) is 0 Å². The summed E-state index contributed by atoms with van der Waals surface area (Å²) in [6.07, 6.45) is 0.486. The zero-order valence-electron chi connectivity index (χ0n) is 17.4. The number of benzene rings is 2. The van der Waals surface area contributed by atoms with Gasteiger partial charge in [-0.05, 0) is 18.2 Å². The third-order valence-corrected chi connectivity index (χ3v) is 5.35. The second-order valence-corrected chi connectivity index (χ2v) is 7.58. The van der Waals surface area contributed by atoms with E-state index in [4.69, 9.17) is 14.2 Å². The first-order chi connectivity index (χ1) is 16.1. The average Bonchev–Trinajstić information content (AvgIpc) is 3.22. The van der Waals surface area contributed by atoms with Crippen molar-refractivity contribution in [3.05, 3.63) is 77.2 Å². The van der Waals surface area contributed by atoms with Crippen LogP contribution in [0.25, 0.3) is 0 Å². The minimum Gasteiger partial charge on any atom is -0.448 e. The first-order valence-corrected chi connectivity index (χ1v) is 10.3. The van der Waals surface area contributed by atoms with Crippen molar-refractivity contribution in [2.24, 2.45) is 0 Å². The Morgan fingerprint density at radius 3 is 2.55 bits per heavy atom. The molecule has 0 radical (unpaired) electrons. The van der Waals surface area contributed by atoms with Gasteiger partial charge >= 0.3 is 12.2 Å². The van der Waals surface area contributed by atoms with Gasteiger partial charge in [0, 0.05) is 35.0 Å². The largest absolute Gasteiger partial charge is 0.448 e. The summed E-state index contributed by atoms with van der Waals surface area (Å²) in [5.74, 6) is 0.691. The molecule has 2 aliphatic rings. The summed E-state index contributed by atoms with van der Waals surface area (Å²) in [5, 5.41) is 7.61. The molecule has 0 spiro atoms. The number of rotatable bonds is 6. The standard InChI is InChI=1S/C23H19FN4O5/c24-21-16(13-27-9-10-31-22(27)29)3-1-4-17(21)14-28-12-15-6-7-18(11-19(15)33-23(28)30)32-20-5-2-8-25-26-20/h1-8,11H,9-10,12-14H2. The molecule has 9 nitrogen and oxygen atoms in total. The van der Waals surface area contributed by atoms with Gasteiger partial charge in [-0.15, -0.1) is 5.10 Å². The van der Waals surface area contributed by atoms with Gasteiger partial charge in [-0.2, -0.15) is 5.10 Å². The highest BCUT2D eigenvalue weighted by Gasteiger charge is 2.28. The summed E-state index contributed by atoms with van der Waals surface area (Å²) in [7, 11) is 0. The van der Waals surface area contributed by atoms with E-state index in [1.165, 1.54) is 16.0 Å². The predicted molar refractivity (Wildman–Crippen MR) is 112 cm³/mol. The van der Waals surface area contributed by atoms with Gasteiger partial charge in [-0.3, -0.25) is 4.90 Å². The number of fused-ring (bicyclic) bond motifs is 1. The maximum Gasteiger partial charge on any atom is 0.415 e. The van der Waals surface area contributed by atoms with Crippen LogP contribution in [0.5, 0.6) is 17.4 Å². The summed E-state index contributed by atoms with van der Waals surface area (Å²) >= 11 is 0. The van der Waals surface area contributed by atoms with E-state index in [1.807, 2.05) is 0 Å². The fourth-order valence-corrected chi connectivity index (χ4v) is 3.69. The van der Waals surface area contributed by atoms with Crippen molar-refractivity contribution >= 4 is 12.2 Å². The fraction of sp³-hybridized carbons (Fsp3) is 0.217. The quantitative estimate of drug-likeness (QED) is 0.563. The molecule has 0 atom stereocenters. The van der Waals surface area contributed by atoms with Crippen molar-refractivity contribution < 1.29 is 28.2 Å². The van der Waals surface area contributed by atoms with E-state index in [9.17, 15) is 9.59 Å². The van der Waals surface area contributed by atoms with Crippen molar-refractivity contribution in [2.45, 2.75) is 19.6 Å². The highest BCUT2D eigenvalue weighted by atomic mass is 19.1. The molecule has 3 aromatic rings. The summed E-state index contributed by atoms with van der Waals surface area (Å²) in [6.45, 7) is 1.10. The first kappa shape index (κ1) is 20.7. The summed E-state index contributed by atoms with van der Waals surface area (Å²) in [5.41, 5.74) is 1.46. The lowest BCUT2D eigenvalue weighted by Crippen LogP contribution is -2.36. The fourth-order valence-electron chi connectivity index (χ4n) is 3.69. The molecular formula is C23H19FN4O5. The molecule has 2 aliphatic heterocycles. The molecule has 33 heavy (non-hydrogen) atoms. The Balaban J connectivity index is 1.30. The smallest absolute Gasteiger partial charge is 0.415 e. The molecule has 0 unspecified atom stereocenters. The van der Waals surface area contributed by atoms with Crippen LogP contribution in [-0.2, 0) is 24.4 Å². The number of cyclic esters (lactones) is 1. The average molecular weight is 450 g/mol. The summed E-state index contributed by atoms with van der Waals surface area (Å²) in [6, 6.07) is 13.4. The lowest BCUT2D eigenvalue weighted by molar-refractivity contribution is 0.134. The van der Waals surface area contributed by atoms with Gasteiger partial charge in [0.25, 0.3) is 0 Å². The van der Waals surface area contributed by atoms with Crippen LogP contribution in [0.1, 0.15) is 16.7 Å². The van der Waals surface area contributed by atoms with Gasteiger partial charge in [-0.25, -0.2) is 14.0 Å². The van der Waals surface area contributed by atoms with Gasteiger partial charge in [-0.1, -0.05) is 18.2 Å². The van der Waals surface area contributed by atoms with Crippen LogP contribution in [0.2, 0.25) is 0 Å². The molecular weight excluding hydrogens is 431 g/mol. The zero-order valence-corrected chi connectivity index (χ0v) is 17.4. The van der Waals surface area contributed by atoms with E-state index in [0.29, 0.717) is 41.7 Å². The van der Waals surface area contributed by atoms with Crippen LogP contribution in [-0.4, -0.2) is 45.3 Å². The minimum absolute atomic E-state index is 0.0280. The lowest BCUT2D eigenvalue weighted by atomic mass is 10.1. The number of hydrogen-bond donors (Lipinski definition) is 0. The van der Waals surface area contributed by atoms with Crippen LogP contribution < -0.4 is 9.47 Å². The Kier molecular flexibility index (Phi) is 5.47. The molecule has 1 fully saturated rings. The second kappa shape index (κ2) is 8.73. The van der Waals surface area contributed by atoms with Crippen molar-refractivity contribution in [1.29, 1.82) is 0 Å². The molecule has 5 rings (SSSR count). The normalized spacial score (nSPS) is 15.2. The number of hydrogen-bond acceptors (Lipinski definition) is 7. The molecule has 168 valence electrons. The van der Waals surface area contributed by atoms with E-state index >= 15 is 4.39 Å². The molecule has 3 heterocycles. The molecule has 0 saturated carbocycles. The second-order valence-electron chi connectivity index (χ2n) is 7.58. The van der Waals surface area contributed by atoms with Gasteiger partial charge in [0.1, 0.15) is 23.9 Å². The SMILES string of the molecule is O=C1OCCN1Cc1cccc(CN2Cc3ccc(Oc4cccnn4)cc3OC2=O)c1F. The first-order valence-electron chi connectivity index (χ1n) is 10.3. The maximum atomic E-state index is 15.1. The Hall–Kier alpha value is -4.21. The molecule has 0 bridgehead atoms. The Morgan fingerprint density at radius 2 is 1.82 bits per heavy atom. The Morgan fingerprint density at radius 1 is 1.00 bits per heavy atom. The molecule has 2 amide bonds. The molecule has 0 aliphatic carbocycles. The number of amides is 2. The molecule has 10 heteroatoms. The molecule has 1 aromatic heterocycles. The van der Waals surface area contributed by atoms with Crippen molar-refractivity contribution in [3.63, 3.8) is 0 Å². The van der Waals surface area contributed by atoms with E-state index in [2.05, 4.69) is 10.2 Å². The van der Waals surface area contributed by atoms with E-state index in [1.54, 1.807) is 48.5 Å². The number of halogens is 1. The Labute approximate surface area is 188 Å². The third-order valence-electron chi connectivity index (χ3n) is 5.35. The summed E-state index contributed by atoms with van der Waals surface area (Å²) < 4.78 is 31.1. The number of nitrogens with zero attached hydrogens (tertiary/aromatic N) is 4. The Bertz CT molecular complexity index is 1210. The molecule has 0 N–H and O–H groups in total. The van der Waals surface area contributed by atoms with Gasteiger partial charge in [0.15, 0.2) is 0 Å². The third kappa shape index (κ3) is 4.40.